The first-order chi connectivity index (χ1) is 22.5. The summed E-state index contributed by atoms with van der Waals surface area (Å²) in [5, 5.41) is 0. The van der Waals surface area contributed by atoms with E-state index in [9.17, 15) is 0 Å². The first kappa shape index (κ1) is 46.4. The molecule has 0 aromatic carbocycles. The molecule has 8 atom stereocenters. The van der Waals surface area contributed by atoms with Crippen LogP contribution in [-0.2, 0) is 51.9 Å². The standard InChI is InChI=1S/C32H72O12Si4/c1-17-25(9)33-45(34-26(10)18-2)41-46(35-27(11)19-3,36-28(12)20-4)43-48(39-31(15)23-7,40-32(16)24-8)44-47(42-45,37-29(13)21-5)38-30(14)22-6/h25-32H,17-24H2,1-16H3. The zero-order chi connectivity index (χ0) is 36.8. The molecular formula is C32H72O12Si4. The minimum absolute atomic E-state index is 0.340. The van der Waals surface area contributed by atoms with Crippen LogP contribution in [0, 0.1) is 0 Å². The van der Waals surface area contributed by atoms with Gasteiger partial charge in [-0.15, -0.1) is 0 Å². The Labute approximate surface area is 298 Å². The molecule has 0 aliphatic carbocycles. The Morgan fingerprint density at radius 2 is 0.375 bits per heavy atom. The average molecular weight is 761 g/mol. The minimum atomic E-state index is -4.40. The Morgan fingerprint density at radius 3 is 0.458 bits per heavy atom. The van der Waals surface area contributed by atoms with Crippen molar-refractivity contribution in [3.63, 3.8) is 0 Å². The summed E-state index contributed by atoms with van der Waals surface area (Å²) in [6.45, 7) is 31.8. The van der Waals surface area contributed by atoms with E-state index in [0.717, 1.165) is 0 Å². The van der Waals surface area contributed by atoms with Crippen LogP contribution in [0.5, 0.6) is 0 Å². The maximum atomic E-state index is 7.14. The first-order valence-electron chi connectivity index (χ1n) is 18.7. The third-order valence-corrected chi connectivity index (χ3v) is 21.9. The van der Waals surface area contributed by atoms with Crippen molar-refractivity contribution in [3.05, 3.63) is 0 Å². The molecule has 0 saturated carbocycles. The molecule has 1 aliphatic heterocycles. The van der Waals surface area contributed by atoms with Crippen molar-refractivity contribution >= 4 is 36.2 Å². The van der Waals surface area contributed by atoms with Gasteiger partial charge in [0.1, 0.15) is 0 Å². The van der Waals surface area contributed by atoms with Crippen LogP contribution >= 0.6 is 0 Å². The van der Waals surface area contributed by atoms with Crippen LogP contribution in [0.25, 0.3) is 0 Å². The summed E-state index contributed by atoms with van der Waals surface area (Å²) in [5.41, 5.74) is 0. The number of hydrogen-bond donors (Lipinski definition) is 0. The largest absolute Gasteiger partial charge is 0.668 e. The van der Waals surface area contributed by atoms with E-state index in [4.69, 9.17) is 51.9 Å². The molecule has 288 valence electrons. The molecule has 48 heavy (non-hydrogen) atoms. The van der Waals surface area contributed by atoms with Gasteiger partial charge >= 0.3 is 36.2 Å². The highest BCUT2D eigenvalue weighted by Crippen LogP contribution is 2.40. The molecular weight excluding hydrogens is 689 g/mol. The summed E-state index contributed by atoms with van der Waals surface area (Å²) in [6.07, 6.45) is 2.50. The van der Waals surface area contributed by atoms with Gasteiger partial charge in [0.15, 0.2) is 0 Å². The Hall–Kier alpha value is 0.388. The lowest BCUT2D eigenvalue weighted by Gasteiger charge is -2.49. The van der Waals surface area contributed by atoms with Crippen molar-refractivity contribution in [1.82, 2.24) is 0 Å². The lowest BCUT2D eigenvalue weighted by atomic mass is 10.3. The topological polar surface area (TPSA) is 111 Å². The zero-order valence-corrected chi connectivity index (χ0v) is 37.2. The predicted octanol–water partition coefficient (Wildman–Crippen LogP) is 8.33. The molecule has 0 bridgehead atoms. The predicted molar refractivity (Wildman–Crippen MR) is 194 cm³/mol. The van der Waals surface area contributed by atoms with Crippen molar-refractivity contribution in [2.24, 2.45) is 0 Å². The fourth-order valence-corrected chi connectivity index (χ4v) is 19.5. The molecule has 12 nitrogen and oxygen atoms in total. The molecule has 0 aromatic heterocycles. The monoisotopic (exact) mass is 760 g/mol. The van der Waals surface area contributed by atoms with Gasteiger partial charge in [0.05, 0.1) is 0 Å². The van der Waals surface area contributed by atoms with E-state index in [0.29, 0.717) is 51.4 Å². The van der Waals surface area contributed by atoms with Crippen LogP contribution in [0.1, 0.15) is 162 Å². The Balaban J connectivity index is 4.43. The van der Waals surface area contributed by atoms with Gasteiger partial charge in [-0.3, -0.25) is 0 Å². The second-order valence-electron chi connectivity index (χ2n) is 13.1. The molecule has 16 heteroatoms. The molecule has 0 N–H and O–H groups in total. The van der Waals surface area contributed by atoms with Gasteiger partial charge in [0.25, 0.3) is 0 Å². The SMILES string of the molecule is CCC(C)O[Si]1(OC(C)CC)O[Si](OC(C)CC)(OC(C)CC)O[Si](OC(C)CC)(OC(C)CC)O[Si](OC(C)CC)(OC(C)CC)O1. The van der Waals surface area contributed by atoms with Crippen molar-refractivity contribution in [1.29, 1.82) is 0 Å². The molecule has 0 amide bonds. The van der Waals surface area contributed by atoms with Crippen LogP contribution in [0.2, 0.25) is 0 Å². The summed E-state index contributed by atoms with van der Waals surface area (Å²) in [5.74, 6) is 0. The Bertz CT molecular complexity index is 677. The fraction of sp³-hybridized carbons (Fsp3) is 1.00. The quantitative estimate of drug-likeness (QED) is 0.0883. The smallest absolute Gasteiger partial charge is 0.349 e. The van der Waals surface area contributed by atoms with Gasteiger partial charge in [-0.05, 0) is 107 Å². The highest BCUT2D eigenvalue weighted by molar-refractivity contribution is 6.83. The van der Waals surface area contributed by atoms with Gasteiger partial charge in [0, 0.05) is 48.8 Å². The molecule has 1 saturated heterocycles. The molecule has 0 radical (unpaired) electrons. The summed E-state index contributed by atoms with van der Waals surface area (Å²) < 4.78 is 82.8. The molecule has 0 aromatic rings. The summed E-state index contributed by atoms with van der Waals surface area (Å²) in [7, 11) is -17.6. The molecule has 1 aliphatic rings. The van der Waals surface area contributed by atoms with E-state index >= 15 is 0 Å². The van der Waals surface area contributed by atoms with Crippen LogP contribution in [0.3, 0.4) is 0 Å². The number of hydrogen-bond acceptors (Lipinski definition) is 12. The zero-order valence-electron chi connectivity index (χ0n) is 33.2. The summed E-state index contributed by atoms with van der Waals surface area (Å²) in [6, 6.07) is 0. The average Bonchev–Trinajstić information content (AvgIpc) is 3.02. The van der Waals surface area contributed by atoms with E-state index in [1.807, 2.05) is 111 Å². The highest BCUT2D eigenvalue weighted by Gasteiger charge is 2.77. The molecule has 1 rings (SSSR count). The lowest BCUT2D eigenvalue weighted by molar-refractivity contribution is -0.145. The van der Waals surface area contributed by atoms with E-state index in [-0.39, 0.29) is 48.8 Å². The van der Waals surface area contributed by atoms with Crippen molar-refractivity contribution in [3.8, 4) is 0 Å². The molecule has 0 spiro atoms. The first-order valence-corrected chi connectivity index (χ1v) is 25.2. The van der Waals surface area contributed by atoms with Gasteiger partial charge in [0.2, 0.25) is 0 Å². The van der Waals surface area contributed by atoms with E-state index < -0.39 is 36.2 Å². The number of rotatable bonds is 24. The fourth-order valence-electron chi connectivity index (χ4n) is 3.83. The van der Waals surface area contributed by atoms with Crippen LogP contribution in [0.15, 0.2) is 0 Å². The molecule has 8 unspecified atom stereocenters. The third kappa shape index (κ3) is 14.8. The van der Waals surface area contributed by atoms with Crippen molar-refractivity contribution in [2.75, 3.05) is 0 Å². The van der Waals surface area contributed by atoms with E-state index in [1.165, 1.54) is 0 Å². The highest BCUT2D eigenvalue weighted by atomic mass is 28.6. The minimum Gasteiger partial charge on any atom is -0.349 e. The van der Waals surface area contributed by atoms with Crippen LogP contribution in [0.4, 0.5) is 0 Å². The second-order valence-corrected chi connectivity index (χ2v) is 22.3. The maximum absolute atomic E-state index is 7.14. The van der Waals surface area contributed by atoms with E-state index in [2.05, 4.69) is 0 Å². The molecule has 1 heterocycles. The second kappa shape index (κ2) is 21.8. The van der Waals surface area contributed by atoms with Gasteiger partial charge in [-0.1, -0.05) is 55.4 Å². The van der Waals surface area contributed by atoms with Crippen LogP contribution < -0.4 is 0 Å². The Morgan fingerprint density at radius 1 is 0.271 bits per heavy atom. The lowest BCUT2D eigenvalue weighted by Crippen LogP contribution is -2.78. The van der Waals surface area contributed by atoms with Crippen molar-refractivity contribution in [2.45, 2.75) is 211 Å². The van der Waals surface area contributed by atoms with E-state index in [1.54, 1.807) is 0 Å². The van der Waals surface area contributed by atoms with Crippen molar-refractivity contribution < 1.29 is 51.9 Å². The Kier molecular flexibility index (Phi) is 21.1. The third-order valence-electron chi connectivity index (χ3n) is 8.36. The summed E-state index contributed by atoms with van der Waals surface area (Å²) in [4.78, 5) is 0. The normalized spacial score (nSPS) is 32.0. The molecule has 1 fully saturated rings. The van der Waals surface area contributed by atoms with Gasteiger partial charge in [-0.25, -0.2) is 0 Å². The maximum Gasteiger partial charge on any atom is 0.668 e. The van der Waals surface area contributed by atoms with Gasteiger partial charge in [-0.2, -0.15) is 0 Å². The summed E-state index contributed by atoms with van der Waals surface area (Å²) >= 11 is 0. The van der Waals surface area contributed by atoms with Crippen LogP contribution in [-0.4, -0.2) is 85.0 Å². The van der Waals surface area contributed by atoms with Gasteiger partial charge < -0.3 is 51.9 Å².